The van der Waals surface area contributed by atoms with Gasteiger partial charge in [-0.2, -0.15) is 22.0 Å². The van der Waals surface area contributed by atoms with Crippen molar-refractivity contribution in [1.29, 1.82) is 0 Å². The monoisotopic (exact) mass is 536 g/mol. The molecule has 3 atom stereocenters. The standard InChI is InChI=1S/C5Cl2F8I2/c6-1(8,4(11,12)13)3(10,16)2(7,9)5(14,15)17. The molecular formula is C5Cl2F8I2. The van der Waals surface area contributed by atoms with Crippen LogP contribution in [-0.4, -0.2) is 24.0 Å². The predicted molar refractivity (Wildman–Crippen MR) is 62.3 cm³/mol. The lowest BCUT2D eigenvalue weighted by atomic mass is 10.1. The zero-order valence-corrected chi connectivity index (χ0v) is 12.9. The number of hydrogen-bond donors (Lipinski definition) is 0. The minimum Gasteiger partial charge on any atom is -0.222 e. The van der Waals surface area contributed by atoms with E-state index in [1.807, 2.05) is 0 Å². The van der Waals surface area contributed by atoms with Crippen LogP contribution in [0.25, 0.3) is 0 Å². The van der Waals surface area contributed by atoms with Crippen molar-refractivity contribution in [2.24, 2.45) is 0 Å². The first kappa shape index (κ1) is 18.5. The molecule has 0 N–H and O–H groups in total. The molecule has 17 heavy (non-hydrogen) atoms. The summed E-state index contributed by atoms with van der Waals surface area (Å²) in [6.07, 6.45) is -6.14. The molecule has 104 valence electrons. The van der Waals surface area contributed by atoms with Gasteiger partial charge in [0.05, 0.1) is 0 Å². The van der Waals surface area contributed by atoms with Gasteiger partial charge in [0, 0.05) is 22.6 Å². The van der Waals surface area contributed by atoms with E-state index in [1.165, 1.54) is 0 Å². The molecule has 0 aliphatic heterocycles. The average molecular weight is 537 g/mol. The van der Waals surface area contributed by atoms with Crippen molar-refractivity contribution in [2.45, 2.75) is 24.0 Å². The number of rotatable bonds is 3. The summed E-state index contributed by atoms with van der Waals surface area (Å²) in [5.41, 5.74) is 0. The SMILES string of the molecule is FC(F)(F)C(F)(Cl)C(F)(I)C(F)(Cl)C(F)(F)I. The van der Waals surface area contributed by atoms with Crippen LogP contribution >= 0.6 is 68.4 Å². The number of alkyl halides is 12. The lowest BCUT2D eigenvalue weighted by Crippen LogP contribution is -2.63. The normalized spacial score (nSPS) is 24.7. The maximum absolute atomic E-state index is 13.4. The summed E-state index contributed by atoms with van der Waals surface area (Å²) in [5, 5.41) is -10.4. The molecule has 0 rings (SSSR count). The van der Waals surface area contributed by atoms with Crippen LogP contribution in [0.5, 0.6) is 0 Å². The Morgan fingerprint density at radius 3 is 1.12 bits per heavy atom. The summed E-state index contributed by atoms with van der Waals surface area (Å²) in [6.45, 7) is 0. The zero-order valence-electron chi connectivity index (χ0n) is 7.04. The summed E-state index contributed by atoms with van der Waals surface area (Å²) >= 11 is 8.28. The first-order valence-corrected chi connectivity index (χ1v) is 6.18. The molecule has 3 unspecified atom stereocenters. The molecule has 0 aromatic carbocycles. The summed E-state index contributed by atoms with van der Waals surface area (Å²) in [5.74, 6) is 0. The average Bonchev–Trinajstić information content (AvgIpc) is 1.98. The fourth-order valence-corrected chi connectivity index (χ4v) is 2.39. The van der Waals surface area contributed by atoms with Crippen molar-refractivity contribution in [2.75, 3.05) is 0 Å². The summed E-state index contributed by atoms with van der Waals surface area (Å²) < 4.78 is 91.0. The minimum absolute atomic E-state index is 0.0649. The van der Waals surface area contributed by atoms with Gasteiger partial charge in [-0.1, -0.05) is 23.2 Å². The molecule has 0 aromatic rings. The Morgan fingerprint density at radius 2 is 0.941 bits per heavy atom. The van der Waals surface area contributed by atoms with E-state index in [9.17, 15) is 35.1 Å². The molecular weight excluding hydrogens is 537 g/mol. The van der Waals surface area contributed by atoms with E-state index in [-0.39, 0.29) is 45.2 Å². The second kappa shape index (κ2) is 4.79. The Bertz CT molecular complexity index is 265. The van der Waals surface area contributed by atoms with E-state index >= 15 is 0 Å². The molecule has 0 spiro atoms. The molecule has 12 heteroatoms. The zero-order chi connectivity index (χ0) is 14.5. The van der Waals surface area contributed by atoms with Gasteiger partial charge >= 0.3 is 20.4 Å². The molecule has 0 aliphatic carbocycles. The lowest BCUT2D eigenvalue weighted by Gasteiger charge is -2.39. The quantitative estimate of drug-likeness (QED) is 0.254. The van der Waals surface area contributed by atoms with E-state index < -0.39 is 24.0 Å². The molecule has 0 heterocycles. The lowest BCUT2D eigenvalue weighted by molar-refractivity contribution is -0.236. The number of hydrogen-bond acceptors (Lipinski definition) is 0. The van der Waals surface area contributed by atoms with Crippen LogP contribution in [0.2, 0.25) is 0 Å². The highest BCUT2D eigenvalue weighted by molar-refractivity contribution is 14.1. The van der Waals surface area contributed by atoms with Gasteiger partial charge in [-0.3, -0.25) is 0 Å². The Kier molecular flexibility index (Phi) is 5.21. The van der Waals surface area contributed by atoms with Crippen LogP contribution in [0.4, 0.5) is 35.1 Å². The second-order valence-electron chi connectivity index (χ2n) is 2.72. The van der Waals surface area contributed by atoms with Crippen molar-refractivity contribution in [3.05, 3.63) is 0 Å². The minimum atomic E-state index is -6.14. The van der Waals surface area contributed by atoms with Crippen LogP contribution in [0, 0.1) is 0 Å². The first-order chi connectivity index (χ1) is 7.00. The summed E-state index contributed by atoms with van der Waals surface area (Å²) in [7, 11) is 0. The molecule has 0 bridgehead atoms. The van der Waals surface area contributed by atoms with Crippen LogP contribution in [0.1, 0.15) is 0 Å². The Balaban J connectivity index is 5.73. The van der Waals surface area contributed by atoms with Gasteiger partial charge in [0.25, 0.3) is 3.68 Å². The van der Waals surface area contributed by atoms with Gasteiger partial charge in [-0.25, -0.2) is 13.2 Å². The van der Waals surface area contributed by atoms with E-state index in [0.29, 0.717) is 0 Å². The highest BCUT2D eigenvalue weighted by Crippen LogP contribution is 2.62. The van der Waals surface area contributed by atoms with Gasteiger partial charge < -0.3 is 0 Å². The molecule has 0 amide bonds. The van der Waals surface area contributed by atoms with Crippen LogP contribution in [0.3, 0.4) is 0 Å². The maximum atomic E-state index is 13.4. The molecule has 0 aromatic heterocycles. The largest absolute Gasteiger partial charge is 0.441 e. The highest BCUT2D eigenvalue weighted by Gasteiger charge is 2.81. The number of halogens is 12. The summed E-state index contributed by atoms with van der Waals surface area (Å²) in [6, 6.07) is 0. The van der Waals surface area contributed by atoms with Crippen molar-refractivity contribution < 1.29 is 35.1 Å². The van der Waals surface area contributed by atoms with Gasteiger partial charge in [-0.05, 0) is 22.6 Å². The highest BCUT2D eigenvalue weighted by atomic mass is 127. The third kappa shape index (κ3) is 2.98. The van der Waals surface area contributed by atoms with Crippen LogP contribution < -0.4 is 0 Å². The smallest absolute Gasteiger partial charge is 0.222 e. The van der Waals surface area contributed by atoms with Crippen LogP contribution in [-0.2, 0) is 0 Å². The van der Waals surface area contributed by atoms with Gasteiger partial charge in [0.1, 0.15) is 0 Å². The molecule has 0 fully saturated rings. The van der Waals surface area contributed by atoms with E-state index in [1.54, 1.807) is 0 Å². The van der Waals surface area contributed by atoms with Crippen molar-refractivity contribution >= 4 is 68.4 Å². The molecule has 0 aliphatic rings. The third-order valence-electron chi connectivity index (χ3n) is 1.50. The van der Waals surface area contributed by atoms with Crippen LogP contribution in [0.15, 0.2) is 0 Å². The molecule has 0 saturated heterocycles. The Hall–Kier alpha value is 1.48. The third-order valence-corrected chi connectivity index (χ3v) is 5.66. The summed E-state index contributed by atoms with van der Waals surface area (Å²) in [4.78, 5) is 0. The van der Waals surface area contributed by atoms with Gasteiger partial charge in [0.15, 0.2) is 0 Å². The predicted octanol–water partition coefficient (Wildman–Crippen LogP) is 5.49. The second-order valence-corrected chi connectivity index (χ2v) is 6.60. The van der Waals surface area contributed by atoms with E-state index in [2.05, 4.69) is 23.2 Å². The van der Waals surface area contributed by atoms with E-state index in [4.69, 9.17) is 0 Å². The Morgan fingerprint density at radius 1 is 0.647 bits per heavy atom. The first-order valence-electron chi connectivity index (χ1n) is 3.27. The fraction of sp³-hybridized carbons (Fsp3) is 1.00. The van der Waals surface area contributed by atoms with Crippen molar-refractivity contribution in [1.82, 2.24) is 0 Å². The van der Waals surface area contributed by atoms with Gasteiger partial charge in [0.2, 0.25) is 0 Å². The topological polar surface area (TPSA) is 0 Å². The van der Waals surface area contributed by atoms with Gasteiger partial charge in [-0.15, -0.1) is 0 Å². The molecule has 0 saturated carbocycles. The fourth-order valence-electron chi connectivity index (χ4n) is 0.553. The van der Waals surface area contributed by atoms with E-state index in [0.717, 1.165) is 0 Å². The van der Waals surface area contributed by atoms with Crippen molar-refractivity contribution in [3.8, 4) is 0 Å². The Labute approximate surface area is 127 Å². The maximum Gasteiger partial charge on any atom is 0.441 e. The van der Waals surface area contributed by atoms with Crippen molar-refractivity contribution in [3.63, 3.8) is 0 Å². The molecule has 0 nitrogen and oxygen atoms in total. The molecule has 0 radical (unpaired) electrons.